The average Bonchev–Trinajstić information content (AvgIpc) is 2.65. The lowest BCUT2D eigenvalue weighted by molar-refractivity contribution is 0.565. The summed E-state index contributed by atoms with van der Waals surface area (Å²) in [6.45, 7) is 0. The van der Waals surface area contributed by atoms with Crippen molar-refractivity contribution < 1.29 is 13.2 Å². The number of halogens is 1. The molecule has 3 aromatic rings. The van der Waals surface area contributed by atoms with Crippen molar-refractivity contribution in [3.63, 3.8) is 0 Å². The lowest BCUT2D eigenvalue weighted by Gasteiger charge is -1.96. The first-order valence-electron chi connectivity index (χ1n) is 4.88. The van der Waals surface area contributed by atoms with E-state index in [9.17, 15) is 8.76 Å². The third-order valence-corrected chi connectivity index (χ3v) is 3.56. The lowest BCUT2D eigenvalue weighted by Crippen LogP contribution is -1.88. The topological polar surface area (TPSA) is 50.4 Å². The summed E-state index contributed by atoms with van der Waals surface area (Å²) >= 11 is 3.84. The van der Waals surface area contributed by atoms with E-state index >= 15 is 0 Å². The van der Waals surface area contributed by atoms with Gasteiger partial charge in [0, 0.05) is 21.9 Å². The smallest absolute Gasteiger partial charge is 0.187 e. The van der Waals surface area contributed by atoms with Gasteiger partial charge in [0.1, 0.15) is 11.2 Å². The standard InChI is InChI=1S/C12H7ClO3S/c13-7-4-5-8-10(6-7)16-9-2-1-3-11(12(8)9)17(14)15/h1-6H,(H,14,15). The molecule has 0 fully saturated rings. The Labute approximate surface area is 104 Å². The minimum Gasteiger partial charge on any atom is -0.456 e. The summed E-state index contributed by atoms with van der Waals surface area (Å²) in [5, 5.41) is 2.03. The van der Waals surface area contributed by atoms with E-state index in [4.69, 9.17) is 16.0 Å². The maximum atomic E-state index is 11.3. The van der Waals surface area contributed by atoms with Gasteiger partial charge in [0.25, 0.3) is 0 Å². The molecule has 0 aliphatic carbocycles. The number of furan rings is 1. The number of hydrogen-bond donors (Lipinski definition) is 1. The quantitative estimate of drug-likeness (QED) is 0.681. The highest BCUT2D eigenvalue weighted by molar-refractivity contribution is 7.79. The molecule has 0 spiro atoms. The van der Waals surface area contributed by atoms with Gasteiger partial charge in [0.15, 0.2) is 11.1 Å². The molecule has 1 N–H and O–H groups in total. The van der Waals surface area contributed by atoms with Crippen molar-refractivity contribution in [3.8, 4) is 0 Å². The largest absolute Gasteiger partial charge is 0.456 e. The molecule has 17 heavy (non-hydrogen) atoms. The SMILES string of the molecule is O=S(O)c1cccc2oc3cc(Cl)ccc3c12. The van der Waals surface area contributed by atoms with Gasteiger partial charge in [-0.15, -0.1) is 0 Å². The summed E-state index contributed by atoms with van der Waals surface area (Å²) in [7, 11) is 0. The van der Waals surface area contributed by atoms with Gasteiger partial charge in [0.2, 0.25) is 0 Å². The Morgan fingerprint density at radius 3 is 2.76 bits per heavy atom. The van der Waals surface area contributed by atoms with E-state index in [2.05, 4.69) is 0 Å². The van der Waals surface area contributed by atoms with Gasteiger partial charge in [-0.1, -0.05) is 17.7 Å². The van der Waals surface area contributed by atoms with Crippen LogP contribution in [0.3, 0.4) is 0 Å². The van der Waals surface area contributed by atoms with Gasteiger partial charge in [-0.3, -0.25) is 0 Å². The van der Waals surface area contributed by atoms with Crippen molar-refractivity contribution >= 4 is 44.6 Å². The Hall–Kier alpha value is -1.36. The first-order chi connectivity index (χ1) is 8.16. The second-order valence-electron chi connectivity index (χ2n) is 3.62. The molecule has 5 heteroatoms. The van der Waals surface area contributed by atoms with Crippen molar-refractivity contribution in [3.05, 3.63) is 41.4 Å². The van der Waals surface area contributed by atoms with Crippen LogP contribution in [0.15, 0.2) is 45.7 Å². The van der Waals surface area contributed by atoms with Crippen molar-refractivity contribution in [2.45, 2.75) is 4.90 Å². The molecule has 0 saturated carbocycles. The third-order valence-electron chi connectivity index (χ3n) is 2.61. The molecular formula is C12H7ClO3S. The highest BCUT2D eigenvalue weighted by atomic mass is 35.5. The normalized spacial score (nSPS) is 13.3. The fourth-order valence-corrected chi connectivity index (χ4v) is 2.65. The molecule has 1 heterocycles. The zero-order valence-corrected chi connectivity index (χ0v) is 10.1. The molecule has 3 nitrogen and oxygen atoms in total. The van der Waals surface area contributed by atoms with Crippen LogP contribution < -0.4 is 0 Å². The first-order valence-corrected chi connectivity index (χ1v) is 6.37. The fraction of sp³-hybridized carbons (Fsp3) is 0. The van der Waals surface area contributed by atoms with Crippen molar-refractivity contribution in [1.82, 2.24) is 0 Å². The van der Waals surface area contributed by atoms with E-state index < -0.39 is 11.1 Å². The predicted octanol–water partition coefficient (Wildman–Crippen LogP) is 3.82. The van der Waals surface area contributed by atoms with Crippen LogP contribution in [-0.2, 0) is 11.1 Å². The summed E-state index contributed by atoms with van der Waals surface area (Å²) in [6, 6.07) is 10.3. The lowest BCUT2D eigenvalue weighted by atomic mass is 10.1. The Kier molecular flexibility index (Phi) is 2.43. The minimum absolute atomic E-state index is 0.351. The minimum atomic E-state index is -2.04. The van der Waals surface area contributed by atoms with Crippen LogP contribution in [-0.4, -0.2) is 8.76 Å². The van der Waals surface area contributed by atoms with Crippen LogP contribution in [0.2, 0.25) is 5.02 Å². The zero-order chi connectivity index (χ0) is 12.0. The second kappa shape index (κ2) is 3.84. The number of benzene rings is 2. The van der Waals surface area contributed by atoms with Gasteiger partial charge >= 0.3 is 0 Å². The maximum absolute atomic E-state index is 11.3. The van der Waals surface area contributed by atoms with Gasteiger partial charge < -0.3 is 8.97 Å². The van der Waals surface area contributed by atoms with E-state index in [-0.39, 0.29) is 0 Å². The summed E-state index contributed by atoms with van der Waals surface area (Å²) in [4.78, 5) is 0.351. The van der Waals surface area contributed by atoms with E-state index in [1.807, 2.05) is 0 Å². The molecule has 0 radical (unpaired) electrons. The van der Waals surface area contributed by atoms with Crippen molar-refractivity contribution in [2.75, 3.05) is 0 Å². The molecule has 0 bridgehead atoms. The molecule has 1 atom stereocenters. The number of fused-ring (bicyclic) bond motifs is 3. The molecule has 1 aromatic heterocycles. The van der Waals surface area contributed by atoms with Crippen LogP contribution >= 0.6 is 11.6 Å². The summed E-state index contributed by atoms with van der Waals surface area (Å²) in [5.74, 6) is 0. The first kappa shape index (κ1) is 10.8. The van der Waals surface area contributed by atoms with Crippen molar-refractivity contribution in [1.29, 1.82) is 0 Å². The van der Waals surface area contributed by atoms with E-state index in [1.165, 1.54) is 0 Å². The molecule has 0 amide bonds. The molecule has 3 rings (SSSR count). The number of rotatable bonds is 1. The van der Waals surface area contributed by atoms with Gasteiger partial charge in [0.05, 0.1) is 4.90 Å². The highest BCUT2D eigenvalue weighted by Crippen LogP contribution is 2.33. The molecule has 0 aliphatic rings. The van der Waals surface area contributed by atoms with E-state index in [0.717, 1.165) is 5.39 Å². The number of hydrogen-bond acceptors (Lipinski definition) is 2. The Bertz CT molecular complexity index is 748. The second-order valence-corrected chi connectivity index (χ2v) is 5.00. The monoisotopic (exact) mass is 266 g/mol. The molecule has 1 unspecified atom stereocenters. The third kappa shape index (κ3) is 1.65. The molecule has 86 valence electrons. The fourth-order valence-electron chi connectivity index (χ4n) is 1.91. The van der Waals surface area contributed by atoms with Crippen LogP contribution in [0, 0.1) is 0 Å². The summed E-state index contributed by atoms with van der Waals surface area (Å²) < 4.78 is 26.1. The maximum Gasteiger partial charge on any atom is 0.187 e. The van der Waals surface area contributed by atoms with Crippen LogP contribution in [0.5, 0.6) is 0 Å². The van der Waals surface area contributed by atoms with Crippen molar-refractivity contribution in [2.24, 2.45) is 0 Å². The molecule has 0 saturated heterocycles. The highest BCUT2D eigenvalue weighted by Gasteiger charge is 2.13. The van der Waals surface area contributed by atoms with E-state index in [1.54, 1.807) is 36.4 Å². The summed E-state index contributed by atoms with van der Waals surface area (Å²) in [6.07, 6.45) is 0. The van der Waals surface area contributed by atoms with Crippen LogP contribution in [0.4, 0.5) is 0 Å². The van der Waals surface area contributed by atoms with Gasteiger partial charge in [-0.05, 0) is 24.3 Å². The Morgan fingerprint density at radius 2 is 2.00 bits per heavy atom. The molecule has 0 aliphatic heterocycles. The Balaban J connectivity index is 2.53. The average molecular weight is 267 g/mol. The van der Waals surface area contributed by atoms with Crippen LogP contribution in [0.1, 0.15) is 0 Å². The van der Waals surface area contributed by atoms with Crippen LogP contribution in [0.25, 0.3) is 21.9 Å². The Morgan fingerprint density at radius 1 is 1.18 bits per heavy atom. The molecular weight excluding hydrogens is 260 g/mol. The summed E-state index contributed by atoms with van der Waals surface area (Å²) in [5.41, 5.74) is 1.20. The zero-order valence-electron chi connectivity index (χ0n) is 8.51. The predicted molar refractivity (Wildman–Crippen MR) is 67.8 cm³/mol. The van der Waals surface area contributed by atoms with Gasteiger partial charge in [-0.2, -0.15) is 0 Å². The van der Waals surface area contributed by atoms with E-state index in [0.29, 0.717) is 26.5 Å². The van der Waals surface area contributed by atoms with Gasteiger partial charge in [-0.25, -0.2) is 4.21 Å². The molecule has 2 aromatic carbocycles.